The van der Waals surface area contributed by atoms with Crippen LogP contribution in [0, 0.1) is 0 Å². The molecule has 0 radical (unpaired) electrons. The molecule has 0 aliphatic carbocycles. The average molecular weight is 449 g/mol. The number of rotatable bonds is 6. The quantitative estimate of drug-likeness (QED) is 0.672. The Bertz CT molecular complexity index is 1050. The molecule has 0 spiro atoms. The summed E-state index contributed by atoms with van der Waals surface area (Å²) in [6.07, 6.45) is 0. The minimum Gasteiger partial charge on any atom is -0.497 e. The summed E-state index contributed by atoms with van der Waals surface area (Å²) in [6, 6.07) is 13.1. The van der Waals surface area contributed by atoms with Gasteiger partial charge in [-0.3, -0.25) is 4.99 Å². The highest BCUT2D eigenvalue weighted by atomic mass is 32.2. The molecular weight excluding hydrogens is 424 g/mol. The average Bonchev–Trinajstić information content (AvgIpc) is 3.22. The molecule has 7 nitrogen and oxygen atoms in total. The number of amidine groups is 1. The Morgan fingerprint density at radius 2 is 1.73 bits per heavy atom. The number of thioether (sulfide) groups is 1. The van der Waals surface area contributed by atoms with Crippen LogP contribution >= 0.6 is 11.8 Å². The molecule has 0 aromatic heterocycles. The molecule has 4 rings (SSSR count). The van der Waals surface area contributed by atoms with E-state index in [2.05, 4.69) is 0 Å². The molecule has 160 valence electrons. The summed E-state index contributed by atoms with van der Waals surface area (Å²) in [5.74, 6) is 2.95. The van der Waals surface area contributed by atoms with Crippen LogP contribution in [-0.2, 0) is 15.6 Å². The predicted molar refractivity (Wildman–Crippen MR) is 120 cm³/mol. The summed E-state index contributed by atoms with van der Waals surface area (Å²) in [7, 11) is 1.72. The van der Waals surface area contributed by atoms with E-state index in [1.807, 2.05) is 47.4 Å². The van der Waals surface area contributed by atoms with Crippen LogP contribution in [-0.4, -0.2) is 58.5 Å². The molecule has 0 saturated carbocycles. The van der Waals surface area contributed by atoms with E-state index in [1.165, 1.54) is 0 Å². The fourth-order valence-corrected chi connectivity index (χ4v) is 6.70. The Hall–Kier alpha value is -2.39. The molecule has 0 bridgehead atoms. The third-order valence-corrected chi connectivity index (χ3v) is 8.02. The van der Waals surface area contributed by atoms with Gasteiger partial charge in [-0.15, -0.1) is 0 Å². The third-order valence-electron chi connectivity index (χ3n) is 5.28. The lowest BCUT2D eigenvalue weighted by atomic mass is 10.1. The number of ether oxygens (including phenoxy) is 3. The van der Waals surface area contributed by atoms with Gasteiger partial charge in [0, 0.05) is 17.5 Å². The summed E-state index contributed by atoms with van der Waals surface area (Å²) in [4.78, 5) is 6.81. The monoisotopic (exact) mass is 448 g/mol. The van der Waals surface area contributed by atoms with E-state index in [1.54, 1.807) is 33.1 Å². The maximum Gasteiger partial charge on any atom is 0.164 e. The number of methoxy groups -OCH3 is 3. The van der Waals surface area contributed by atoms with Gasteiger partial charge in [-0.25, -0.2) is 8.42 Å². The van der Waals surface area contributed by atoms with Crippen LogP contribution in [0.15, 0.2) is 47.5 Å². The SMILES string of the molecule is COc1ccc(CSC2=N[C@@H]3CS(=O)(=O)C[C@@H]3N2c2ccc(OC)c(OC)c2)cc1. The zero-order chi connectivity index (χ0) is 21.3. The van der Waals surface area contributed by atoms with Crippen molar-refractivity contribution in [3.8, 4) is 17.2 Å². The number of sulfone groups is 1. The van der Waals surface area contributed by atoms with Gasteiger partial charge in [0.2, 0.25) is 0 Å². The Labute approximate surface area is 181 Å². The molecule has 2 aliphatic rings. The first-order valence-corrected chi connectivity index (χ1v) is 12.3. The van der Waals surface area contributed by atoms with Crippen molar-refractivity contribution >= 4 is 32.5 Å². The highest BCUT2D eigenvalue weighted by Gasteiger charge is 2.47. The second-order valence-electron chi connectivity index (χ2n) is 7.17. The molecule has 2 atom stereocenters. The summed E-state index contributed by atoms with van der Waals surface area (Å²) in [6.45, 7) is 0. The van der Waals surface area contributed by atoms with Crippen molar-refractivity contribution in [1.29, 1.82) is 0 Å². The summed E-state index contributed by atoms with van der Waals surface area (Å²) in [5, 5.41) is 0.822. The number of anilines is 1. The Morgan fingerprint density at radius 1 is 1.00 bits per heavy atom. The standard InChI is InChI=1S/C21H24N2O5S2/c1-26-16-7-4-14(5-8-16)11-29-21-22-17-12-30(24,25)13-18(17)23(21)15-6-9-19(27-2)20(10-15)28-3/h4-10,17-18H,11-13H2,1-3H3/t17-,18+/m1/s1. The Kier molecular flexibility index (Phi) is 5.84. The maximum atomic E-state index is 12.2. The van der Waals surface area contributed by atoms with E-state index in [-0.39, 0.29) is 23.6 Å². The molecule has 0 amide bonds. The molecule has 2 aliphatic heterocycles. The van der Waals surface area contributed by atoms with E-state index in [0.29, 0.717) is 11.5 Å². The van der Waals surface area contributed by atoms with Crippen LogP contribution in [0.25, 0.3) is 0 Å². The number of nitrogens with zero attached hydrogens (tertiary/aromatic N) is 2. The number of hydrogen-bond acceptors (Lipinski definition) is 8. The lowest BCUT2D eigenvalue weighted by molar-refractivity contribution is 0.355. The molecule has 0 unspecified atom stereocenters. The predicted octanol–water partition coefficient (Wildman–Crippen LogP) is 2.99. The maximum absolute atomic E-state index is 12.2. The van der Waals surface area contributed by atoms with Crippen LogP contribution < -0.4 is 19.1 Å². The van der Waals surface area contributed by atoms with Gasteiger partial charge >= 0.3 is 0 Å². The number of aliphatic imine (C=N–C) groups is 1. The molecular formula is C21H24N2O5S2. The Morgan fingerprint density at radius 3 is 2.40 bits per heavy atom. The van der Waals surface area contributed by atoms with Crippen molar-refractivity contribution in [3.63, 3.8) is 0 Å². The largest absolute Gasteiger partial charge is 0.497 e. The summed E-state index contributed by atoms with van der Waals surface area (Å²) in [5.41, 5.74) is 1.98. The lowest BCUT2D eigenvalue weighted by Crippen LogP contribution is -2.39. The molecule has 9 heteroatoms. The lowest BCUT2D eigenvalue weighted by Gasteiger charge is -2.27. The molecule has 0 N–H and O–H groups in total. The van der Waals surface area contributed by atoms with Crippen molar-refractivity contribution in [2.45, 2.75) is 17.8 Å². The van der Waals surface area contributed by atoms with Crippen molar-refractivity contribution in [1.82, 2.24) is 0 Å². The van der Waals surface area contributed by atoms with E-state index in [4.69, 9.17) is 19.2 Å². The molecule has 2 aromatic carbocycles. The second-order valence-corrected chi connectivity index (χ2v) is 10.3. The van der Waals surface area contributed by atoms with Gasteiger partial charge in [0.1, 0.15) is 5.75 Å². The number of fused-ring (bicyclic) bond motifs is 1. The third kappa shape index (κ3) is 4.09. The van der Waals surface area contributed by atoms with Crippen molar-refractivity contribution in [2.24, 2.45) is 4.99 Å². The smallest absolute Gasteiger partial charge is 0.164 e. The zero-order valence-corrected chi connectivity index (χ0v) is 18.7. The van der Waals surface area contributed by atoms with E-state index in [0.717, 1.165) is 27.9 Å². The first kappa shape index (κ1) is 20.9. The highest BCUT2D eigenvalue weighted by molar-refractivity contribution is 8.13. The van der Waals surface area contributed by atoms with Crippen molar-refractivity contribution in [2.75, 3.05) is 37.7 Å². The fraction of sp³-hybridized carbons (Fsp3) is 0.381. The Balaban J connectivity index is 1.62. The van der Waals surface area contributed by atoms with Crippen molar-refractivity contribution in [3.05, 3.63) is 48.0 Å². The van der Waals surface area contributed by atoms with Crippen LogP contribution in [0.3, 0.4) is 0 Å². The van der Waals surface area contributed by atoms with Gasteiger partial charge < -0.3 is 19.1 Å². The fourth-order valence-electron chi connectivity index (χ4n) is 3.78. The minimum atomic E-state index is -3.10. The normalized spacial score (nSPS) is 21.8. The van der Waals surface area contributed by atoms with Gasteiger partial charge in [0.05, 0.1) is 44.9 Å². The van der Waals surface area contributed by atoms with Gasteiger partial charge in [-0.2, -0.15) is 0 Å². The second kappa shape index (κ2) is 8.39. The topological polar surface area (TPSA) is 77.4 Å². The van der Waals surface area contributed by atoms with Crippen molar-refractivity contribution < 1.29 is 22.6 Å². The van der Waals surface area contributed by atoms with Crippen LogP contribution in [0.4, 0.5) is 5.69 Å². The van der Waals surface area contributed by atoms with E-state index < -0.39 is 9.84 Å². The molecule has 30 heavy (non-hydrogen) atoms. The van der Waals surface area contributed by atoms with Gasteiger partial charge in [-0.05, 0) is 29.8 Å². The van der Waals surface area contributed by atoms with Crippen LogP contribution in [0.2, 0.25) is 0 Å². The molecule has 2 aromatic rings. The first-order chi connectivity index (χ1) is 14.4. The first-order valence-electron chi connectivity index (χ1n) is 9.49. The van der Waals surface area contributed by atoms with Crippen LogP contribution in [0.5, 0.6) is 17.2 Å². The highest BCUT2D eigenvalue weighted by Crippen LogP contribution is 2.39. The minimum absolute atomic E-state index is 0.0913. The van der Waals surface area contributed by atoms with Crippen LogP contribution in [0.1, 0.15) is 5.56 Å². The summed E-state index contributed by atoms with van der Waals surface area (Å²) >= 11 is 1.60. The summed E-state index contributed by atoms with van der Waals surface area (Å²) < 4.78 is 40.5. The van der Waals surface area contributed by atoms with E-state index in [9.17, 15) is 8.42 Å². The number of hydrogen-bond donors (Lipinski definition) is 0. The molecule has 2 heterocycles. The van der Waals surface area contributed by atoms with E-state index >= 15 is 0 Å². The molecule has 1 fully saturated rings. The van der Waals surface area contributed by atoms with Gasteiger partial charge in [0.15, 0.2) is 26.5 Å². The number of benzene rings is 2. The van der Waals surface area contributed by atoms with Gasteiger partial charge in [-0.1, -0.05) is 23.9 Å². The molecule has 1 saturated heterocycles. The zero-order valence-electron chi connectivity index (χ0n) is 17.1. The van der Waals surface area contributed by atoms with Gasteiger partial charge in [0.25, 0.3) is 0 Å².